The van der Waals surface area contributed by atoms with Crippen LogP contribution >= 0.6 is 94.1 Å². The molecule has 8 heteroatoms. The highest BCUT2D eigenvalue weighted by atomic mass is 32.3. The third kappa shape index (κ3) is 6.02. The van der Waals surface area contributed by atoms with Gasteiger partial charge in [-0.05, 0) is 48.7 Å². The Labute approximate surface area is 192 Å². The normalized spacial score (nSPS) is 26.8. The molecule has 0 amide bonds. The zero-order chi connectivity index (χ0) is 17.6. The lowest BCUT2D eigenvalue weighted by molar-refractivity contribution is 0.711. The lowest BCUT2D eigenvalue weighted by atomic mass is 10.2. The van der Waals surface area contributed by atoms with Gasteiger partial charge in [-0.2, -0.15) is 0 Å². The molecular weight excluding hydrogens is 473 g/mol. The van der Waals surface area contributed by atoms with Gasteiger partial charge in [-0.3, -0.25) is 0 Å². The van der Waals surface area contributed by atoms with Crippen molar-refractivity contribution in [2.45, 2.75) is 51.4 Å². The Morgan fingerprint density at radius 1 is 0.308 bits per heavy atom. The molecule has 0 radical (unpaired) electrons. The van der Waals surface area contributed by atoms with Gasteiger partial charge in [0.2, 0.25) is 0 Å². The molecule has 0 aromatic heterocycles. The Hall–Kier alpha value is 2.02. The monoisotopic (exact) mass is 496 g/mol. The van der Waals surface area contributed by atoms with E-state index < -0.39 is 0 Å². The first kappa shape index (κ1) is 21.3. The Morgan fingerprint density at radius 3 is 0.846 bits per heavy atom. The predicted molar refractivity (Wildman–Crippen MR) is 138 cm³/mol. The average molecular weight is 497 g/mol. The fourth-order valence-corrected chi connectivity index (χ4v) is 15.1. The molecule has 4 heterocycles. The average Bonchev–Trinajstić information content (AvgIpc) is 3.22. The summed E-state index contributed by atoms with van der Waals surface area (Å²) < 4.78 is 9.54. The van der Waals surface area contributed by atoms with Crippen LogP contribution in [0.5, 0.6) is 0 Å². The number of rotatable bonds is 0. The van der Waals surface area contributed by atoms with Crippen LogP contribution in [0.3, 0.4) is 0 Å². The summed E-state index contributed by atoms with van der Waals surface area (Å²) in [5.41, 5.74) is 0. The maximum atomic E-state index is 2.13. The predicted octanol–water partition coefficient (Wildman–Crippen LogP) is 9.41. The maximum absolute atomic E-state index is 2.13. The standard InChI is InChI=1S/C18H24S8/c1-2-6-10-20-15-16-22-12-8-4-3-7-11-21-14-13(19-9-5-1)23-17(24-14)18(25-15)26-16/h1-12H2. The van der Waals surface area contributed by atoms with Crippen LogP contribution in [0.4, 0.5) is 0 Å². The van der Waals surface area contributed by atoms with E-state index in [1.54, 1.807) is 25.4 Å². The van der Waals surface area contributed by atoms with Crippen molar-refractivity contribution in [3.8, 4) is 0 Å². The first-order valence-electron chi connectivity index (χ1n) is 9.35. The van der Waals surface area contributed by atoms with Gasteiger partial charge in [0.25, 0.3) is 0 Å². The van der Waals surface area contributed by atoms with E-state index in [4.69, 9.17) is 0 Å². The third-order valence-electron chi connectivity index (χ3n) is 4.25. The summed E-state index contributed by atoms with van der Waals surface area (Å²) in [5.74, 6) is 5.20. The summed E-state index contributed by atoms with van der Waals surface area (Å²) in [7, 11) is 0. The van der Waals surface area contributed by atoms with Gasteiger partial charge in [0, 0.05) is 0 Å². The van der Waals surface area contributed by atoms with Gasteiger partial charge >= 0.3 is 0 Å². The Kier molecular flexibility index (Phi) is 9.34. The number of fused-ring (bicyclic) bond motifs is 4. The zero-order valence-corrected chi connectivity index (χ0v) is 21.3. The SMILES string of the molecule is C1CCCSC2=C3SCCCCCCSC4=C(SCC1)SC(=C(S2)S3)S4. The molecule has 0 saturated carbocycles. The summed E-state index contributed by atoms with van der Waals surface area (Å²) in [6.07, 6.45) is 11.1. The lowest BCUT2D eigenvalue weighted by Crippen LogP contribution is -1.87. The van der Waals surface area contributed by atoms with Gasteiger partial charge < -0.3 is 0 Å². The van der Waals surface area contributed by atoms with E-state index in [9.17, 15) is 0 Å². The summed E-state index contributed by atoms with van der Waals surface area (Å²) in [4.78, 5) is 0. The molecule has 144 valence electrons. The second-order valence-electron chi connectivity index (χ2n) is 6.36. The minimum Gasteiger partial charge on any atom is -0.117 e. The molecule has 4 rings (SSSR count). The van der Waals surface area contributed by atoms with Gasteiger partial charge in [0.1, 0.15) is 0 Å². The first-order valence-corrected chi connectivity index (χ1v) is 16.6. The smallest absolute Gasteiger partial charge is 0.0717 e. The minimum atomic E-state index is 1.30. The summed E-state index contributed by atoms with van der Waals surface area (Å²) in [6, 6.07) is 0. The summed E-state index contributed by atoms with van der Waals surface area (Å²) in [5, 5.41) is 0. The van der Waals surface area contributed by atoms with Crippen molar-refractivity contribution in [2.24, 2.45) is 0 Å². The molecule has 0 aliphatic carbocycles. The highest BCUT2D eigenvalue weighted by Crippen LogP contribution is 2.66. The molecule has 0 atom stereocenters. The van der Waals surface area contributed by atoms with E-state index in [0.717, 1.165) is 0 Å². The first-order chi connectivity index (χ1) is 12.9. The highest BCUT2D eigenvalue weighted by Gasteiger charge is 2.31. The number of hydrogen-bond donors (Lipinski definition) is 0. The lowest BCUT2D eigenvalue weighted by Gasteiger charge is -2.07. The van der Waals surface area contributed by atoms with Gasteiger partial charge in [-0.25, -0.2) is 0 Å². The van der Waals surface area contributed by atoms with Crippen LogP contribution in [-0.2, 0) is 0 Å². The largest absolute Gasteiger partial charge is 0.117 e. The van der Waals surface area contributed by atoms with Crippen molar-refractivity contribution in [3.05, 3.63) is 25.4 Å². The summed E-state index contributed by atoms with van der Waals surface area (Å²) >= 11 is 16.8. The second-order valence-corrected chi connectivity index (χ2v) is 16.4. The zero-order valence-electron chi connectivity index (χ0n) is 14.8. The van der Waals surface area contributed by atoms with Crippen LogP contribution in [0.25, 0.3) is 0 Å². The van der Waals surface area contributed by atoms with Crippen LogP contribution in [0, 0.1) is 0 Å². The van der Waals surface area contributed by atoms with Crippen molar-refractivity contribution in [1.82, 2.24) is 0 Å². The third-order valence-corrected chi connectivity index (χ3v) is 16.2. The van der Waals surface area contributed by atoms with Crippen LogP contribution in [0.1, 0.15) is 51.4 Å². The molecule has 0 aromatic rings. The maximum Gasteiger partial charge on any atom is 0.0717 e. The van der Waals surface area contributed by atoms with Crippen molar-refractivity contribution < 1.29 is 0 Å². The molecule has 0 N–H and O–H groups in total. The fourth-order valence-electron chi connectivity index (χ4n) is 2.84. The molecular formula is C18H24S8. The van der Waals surface area contributed by atoms with Crippen molar-refractivity contribution in [1.29, 1.82) is 0 Å². The van der Waals surface area contributed by atoms with E-state index in [0.29, 0.717) is 0 Å². The molecule has 26 heavy (non-hydrogen) atoms. The van der Waals surface area contributed by atoms with E-state index in [-0.39, 0.29) is 0 Å². The van der Waals surface area contributed by atoms with Gasteiger partial charge in [0.15, 0.2) is 0 Å². The Balaban J connectivity index is 1.59. The van der Waals surface area contributed by atoms with Crippen LogP contribution in [-0.4, -0.2) is 23.0 Å². The van der Waals surface area contributed by atoms with E-state index in [1.807, 2.05) is 0 Å². The van der Waals surface area contributed by atoms with Crippen LogP contribution in [0.2, 0.25) is 0 Å². The fraction of sp³-hybridized carbons (Fsp3) is 0.667. The molecule has 0 aromatic carbocycles. The molecule has 0 saturated heterocycles. The molecule has 4 aliphatic rings. The number of thioether (sulfide) groups is 8. The summed E-state index contributed by atoms with van der Waals surface area (Å²) in [6.45, 7) is 0. The molecule has 4 aliphatic heterocycles. The van der Waals surface area contributed by atoms with E-state index in [1.165, 1.54) is 74.4 Å². The van der Waals surface area contributed by atoms with Crippen molar-refractivity contribution in [2.75, 3.05) is 23.0 Å². The Bertz CT molecular complexity index is 506. The van der Waals surface area contributed by atoms with Crippen molar-refractivity contribution in [3.63, 3.8) is 0 Å². The molecule has 0 unspecified atom stereocenters. The van der Waals surface area contributed by atoms with Crippen molar-refractivity contribution >= 4 is 94.1 Å². The van der Waals surface area contributed by atoms with Crippen LogP contribution < -0.4 is 0 Å². The second kappa shape index (κ2) is 11.4. The van der Waals surface area contributed by atoms with E-state index in [2.05, 4.69) is 94.1 Å². The van der Waals surface area contributed by atoms with E-state index >= 15 is 0 Å². The van der Waals surface area contributed by atoms with Gasteiger partial charge in [0.05, 0.1) is 25.4 Å². The quantitative estimate of drug-likeness (QED) is 0.321. The topological polar surface area (TPSA) is 0 Å². The van der Waals surface area contributed by atoms with Crippen LogP contribution in [0.15, 0.2) is 25.4 Å². The minimum absolute atomic E-state index is 1.30. The number of hydrogen-bond acceptors (Lipinski definition) is 8. The van der Waals surface area contributed by atoms with Gasteiger partial charge in [-0.15, -0.1) is 47.0 Å². The molecule has 0 fully saturated rings. The Morgan fingerprint density at radius 2 is 0.577 bits per heavy atom. The molecule has 0 nitrogen and oxygen atoms in total. The molecule has 0 spiro atoms. The van der Waals surface area contributed by atoms with Gasteiger partial charge in [-0.1, -0.05) is 72.7 Å². The molecule has 6 bridgehead atoms. The highest BCUT2D eigenvalue weighted by molar-refractivity contribution is 8.45.